The van der Waals surface area contributed by atoms with Crippen LogP contribution in [0.4, 0.5) is 0 Å². The third kappa shape index (κ3) is 8.61. The molecule has 2 aliphatic rings. The molecule has 0 N–H and O–H groups in total. The Labute approximate surface area is 265 Å². The van der Waals surface area contributed by atoms with Crippen molar-refractivity contribution in [1.29, 1.82) is 0 Å². The molecule has 10 nitrogen and oxygen atoms in total. The molecular formula is C35H46O10. The largest absolute Gasteiger partial charge is 0.461 e. The van der Waals surface area contributed by atoms with Crippen molar-refractivity contribution in [1.82, 2.24) is 0 Å². The third-order valence-corrected chi connectivity index (χ3v) is 8.61. The summed E-state index contributed by atoms with van der Waals surface area (Å²) in [5.41, 5.74) is -1.29. The zero-order chi connectivity index (χ0) is 33.7. The Morgan fingerprint density at radius 1 is 0.800 bits per heavy atom. The average Bonchev–Trinajstić information content (AvgIpc) is 3.18. The van der Waals surface area contributed by atoms with Crippen LogP contribution >= 0.6 is 0 Å². The predicted molar refractivity (Wildman–Crippen MR) is 165 cm³/mol. The fourth-order valence-electron chi connectivity index (χ4n) is 6.58. The van der Waals surface area contributed by atoms with Crippen LogP contribution in [0.25, 0.3) is 0 Å². The summed E-state index contributed by atoms with van der Waals surface area (Å²) in [5, 5.41) is 0. The fourth-order valence-corrected chi connectivity index (χ4v) is 6.58. The Bertz CT molecular complexity index is 1330. The lowest BCUT2D eigenvalue weighted by Gasteiger charge is -2.43. The second kappa shape index (κ2) is 14.4. The van der Waals surface area contributed by atoms with E-state index in [9.17, 15) is 24.0 Å². The van der Waals surface area contributed by atoms with Crippen LogP contribution in [0.15, 0.2) is 54.1 Å². The Morgan fingerprint density at radius 2 is 1.40 bits per heavy atom. The van der Waals surface area contributed by atoms with Crippen LogP contribution in [0, 0.1) is 23.2 Å². The molecule has 45 heavy (non-hydrogen) atoms. The molecule has 8 atom stereocenters. The Morgan fingerprint density at radius 3 is 1.96 bits per heavy atom. The quantitative estimate of drug-likeness (QED) is 0.225. The summed E-state index contributed by atoms with van der Waals surface area (Å²) >= 11 is 0. The van der Waals surface area contributed by atoms with E-state index in [2.05, 4.69) is 0 Å². The van der Waals surface area contributed by atoms with Gasteiger partial charge in [0, 0.05) is 45.4 Å². The monoisotopic (exact) mass is 626 g/mol. The second-order valence-corrected chi connectivity index (χ2v) is 12.9. The van der Waals surface area contributed by atoms with Gasteiger partial charge in [0.05, 0.1) is 11.5 Å². The van der Waals surface area contributed by atoms with E-state index in [1.807, 2.05) is 39.8 Å². The van der Waals surface area contributed by atoms with Gasteiger partial charge in [0.2, 0.25) is 0 Å². The molecule has 1 aromatic carbocycles. The van der Waals surface area contributed by atoms with Gasteiger partial charge in [0.1, 0.15) is 24.4 Å². The van der Waals surface area contributed by atoms with Gasteiger partial charge in [-0.1, -0.05) is 64.1 Å². The summed E-state index contributed by atoms with van der Waals surface area (Å²) in [7, 11) is 0. The molecule has 0 radical (unpaired) electrons. The van der Waals surface area contributed by atoms with Crippen LogP contribution < -0.4 is 0 Å². The normalized spacial score (nSPS) is 31.1. The summed E-state index contributed by atoms with van der Waals surface area (Å²) in [6.45, 7) is 14.5. The molecule has 0 unspecified atom stereocenters. The number of hydrogen-bond donors (Lipinski definition) is 0. The first-order valence-electron chi connectivity index (χ1n) is 15.3. The third-order valence-electron chi connectivity index (χ3n) is 8.61. The van der Waals surface area contributed by atoms with E-state index >= 15 is 0 Å². The van der Waals surface area contributed by atoms with Crippen LogP contribution in [-0.2, 0) is 42.9 Å². The highest BCUT2D eigenvalue weighted by Crippen LogP contribution is 2.51. The first-order chi connectivity index (χ1) is 21.0. The van der Waals surface area contributed by atoms with E-state index in [4.69, 9.17) is 23.7 Å². The lowest BCUT2D eigenvalue weighted by Crippen LogP contribution is -2.55. The summed E-state index contributed by atoms with van der Waals surface area (Å²) in [5.74, 6) is -4.43. The average molecular weight is 627 g/mol. The molecule has 1 saturated carbocycles. The molecule has 0 aromatic heterocycles. The Hall–Kier alpha value is -3.95. The highest BCUT2D eigenvalue weighted by molar-refractivity contribution is 5.89. The zero-order valence-corrected chi connectivity index (χ0v) is 27.7. The van der Waals surface area contributed by atoms with E-state index in [0.29, 0.717) is 11.1 Å². The van der Waals surface area contributed by atoms with E-state index in [0.717, 1.165) is 0 Å². The van der Waals surface area contributed by atoms with E-state index in [-0.39, 0.29) is 18.8 Å². The molecule has 246 valence electrons. The number of carbonyl (C=O) groups is 5. The standard InChI is InChI=1S/C35H46O10/c1-20-15-16-34(8,9)30(42-24(5)37)18-29(41-23(4)36)21(2)17-28-31(44-33(40)27-13-11-10-12-14-27)22(3)19-35(28,45-26(7)39)32(20)43-25(6)38/h10-17,20,22,28-32H,18-19H2,1-9H3/t20-,22-,28-,29+,30+,31-,32+,35+/m0/s1. The minimum atomic E-state index is -1.46. The zero-order valence-electron chi connectivity index (χ0n) is 27.7. The van der Waals surface area contributed by atoms with Crippen molar-refractivity contribution in [2.75, 3.05) is 0 Å². The molecule has 0 heterocycles. The van der Waals surface area contributed by atoms with Crippen molar-refractivity contribution in [3.8, 4) is 0 Å². The maximum absolute atomic E-state index is 13.4. The molecule has 0 amide bonds. The Balaban J connectivity index is 2.32. The van der Waals surface area contributed by atoms with Gasteiger partial charge in [-0.15, -0.1) is 0 Å². The summed E-state index contributed by atoms with van der Waals surface area (Å²) < 4.78 is 29.9. The maximum atomic E-state index is 13.4. The van der Waals surface area contributed by atoms with Gasteiger partial charge >= 0.3 is 29.8 Å². The van der Waals surface area contributed by atoms with Crippen LogP contribution in [0.1, 0.15) is 85.5 Å². The maximum Gasteiger partial charge on any atom is 0.338 e. The highest BCUT2D eigenvalue weighted by Gasteiger charge is 2.62. The van der Waals surface area contributed by atoms with Gasteiger partial charge in [-0.25, -0.2) is 4.79 Å². The number of esters is 5. The summed E-state index contributed by atoms with van der Waals surface area (Å²) in [4.78, 5) is 63.4. The van der Waals surface area contributed by atoms with Crippen molar-refractivity contribution in [3.63, 3.8) is 0 Å². The van der Waals surface area contributed by atoms with Crippen molar-refractivity contribution < 1.29 is 47.7 Å². The van der Waals surface area contributed by atoms with Crippen molar-refractivity contribution in [3.05, 3.63) is 59.7 Å². The number of ether oxygens (including phenoxy) is 5. The smallest absolute Gasteiger partial charge is 0.338 e. The minimum Gasteiger partial charge on any atom is -0.461 e. The molecule has 1 aromatic rings. The van der Waals surface area contributed by atoms with Crippen LogP contribution in [-0.4, -0.2) is 59.9 Å². The van der Waals surface area contributed by atoms with Gasteiger partial charge in [0.15, 0.2) is 5.60 Å². The van der Waals surface area contributed by atoms with Crippen molar-refractivity contribution >= 4 is 29.8 Å². The molecule has 0 bridgehead atoms. The number of rotatable bonds is 6. The lowest BCUT2D eigenvalue weighted by atomic mass is 9.75. The first-order valence-corrected chi connectivity index (χ1v) is 15.3. The molecule has 10 heteroatoms. The van der Waals surface area contributed by atoms with E-state index in [1.54, 1.807) is 43.3 Å². The van der Waals surface area contributed by atoms with Crippen LogP contribution in [0.2, 0.25) is 0 Å². The fraction of sp³-hybridized carbons (Fsp3) is 0.571. The second-order valence-electron chi connectivity index (χ2n) is 12.9. The predicted octanol–water partition coefficient (Wildman–Crippen LogP) is 5.53. The lowest BCUT2D eigenvalue weighted by molar-refractivity contribution is -0.195. The Kier molecular flexibility index (Phi) is 11.4. The summed E-state index contributed by atoms with van der Waals surface area (Å²) in [6, 6.07) is 8.54. The van der Waals surface area contributed by atoms with E-state index in [1.165, 1.54) is 27.7 Å². The molecule has 0 spiro atoms. The number of fused-ring (bicyclic) bond motifs is 1. The molecule has 2 aliphatic carbocycles. The van der Waals surface area contributed by atoms with Crippen molar-refractivity contribution in [2.24, 2.45) is 23.2 Å². The molecule has 1 fully saturated rings. The highest BCUT2D eigenvalue weighted by atomic mass is 16.6. The molecular weight excluding hydrogens is 580 g/mol. The van der Waals surface area contributed by atoms with Crippen LogP contribution in [0.3, 0.4) is 0 Å². The topological polar surface area (TPSA) is 132 Å². The van der Waals surface area contributed by atoms with Gasteiger partial charge in [0.25, 0.3) is 0 Å². The molecule has 3 rings (SSSR count). The van der Waals surface area contributed by atoms with Gasteiger partial charge in [-0.2, -0.15) is 0 Å². The number of hydrogen-bond acceptors (Lipinski definition) is 10. The van der Waals surface area contributed by atoms with Gasteiger partial charge in [-0.05, 0) is 37.0 Å². The number of benzene rings is 1. The number of carbonyl (C=O) groups excluding carboxylic acids is 5. The van der Waals surface area contributed by atoms with Crippen molar-refractivity contribution in [2.45, 2.75) is 105 Å². The van der Waals surface area contributed by atoms with E-state index < -0.39 is 77.1 Å². The van der Waals surface area contributed by atoms with Crippen LogP contribution in [0.5, 0.6) is 0 Å². The van der Waals surface area contributed by atoms with Gasteiger partial charge < -0.3 is 23.7 Å². The minimum absolute atomic E-state index is 0.137. The summed E-state index contributed by atoms with van der Waals surface area (Å²) in [6.07, 6.45) is 2.48. The first kappa shape index (κ1) is 35.5. The van der Waals surface area contributed by atoms with Gasteiger partial charge in [-0.3, -0.25) is 19.2 Å². The molecule has 0 saturated heterocycles. The molecule has 0 aliphatic heterocycles. The SMILES string of the molecule is CC(=O)O[C@@H]1[C@@H](C)C=CC(C)(C)[C@H](OC(C)=O)C[C@@H](OC(C)=O)C(C)=C[C@H]2[C@@H](OC(=O)c3ccccc3)[C@@H](C)C[C@]12OC(C)=O.